The van der Waals surface area contributed by atoms with Gasteiger partial charge in [0.1, 0.15) is 17.4 Å². The number of nitrogens with zero attached hydrogens (tertiary/aromatic N) is 1. The van der Waals surface area contributed by atoms with Crippen LogP contribution in [0.3, 0.4) is 0 Å². The molecule has 25 heavy (non-hydrogen) atoms. The first kappa shape index (κ1) is 19.1. The van der Waals surface area contributed by atoms with Gasteiger partial charge in [0.05, 0.1) is 7.11 Å². The third-order valence-corrected chi connectivity index (χ3v) is 4.07. The first-order valence-corrected chi connectivity index (χ1v) is 8.71. The number of likely N-dealkylation sites (tertiary alicyclic amines) is 1. The van der Waals surface area contributed by atoms with E-state index in [1.807, 2.05) is 45.0 Å². The topological polar surface area (TPSA) is 67.9 Å². The van der Waals surface area contributed by atoms with Gasteiger partial charge in [0.25, 0.3) is 0 Å². The number of ether oxygens (including phenoxy) is 2. The molecule has 1 N–H and O–H groups in total. The lowest BCUT2D eigenvalue weighted by Crippen LogP contribution is -2.47. The van der Waals surface area contributed by atoms with Crippen molar-refractivity contribution in [2.45, 2.75) is 51.7 Å². The zero-order valence-electron chi connectivity index (χ0n) is 15.5. The maximum Gasteiger partial charge on any atom is 0.410 e. The van der Waals surface area contributed by atoms with Gasteiger partial charge in [-0.2, -0.15) is 0 Å². The molecule has 1 fully saturated rings. The van der Waals surface area contributed by atoms with Gasteiger partial charge in [0.2, 0.25) is 5.91 Å². The van der Waals surface area contributed by atoms with Crippen molar-refractivity contribution in [3.8, 4) is 5.75 Å². The minimum atomic E-state index is -0.565. The summed E-state index contributed by atoms with van der Waals surface area (Å²) in [5, 5.41) is 2.93. The van der Waals surface area contributed by atoms with Gasteiger partial charge in [-0.1, -0.05) is 18.2 Å². The molecule has 1 aromatic carbocycles. The highest BCUT2D eigenvalue weighted by Gasteiger charge is 2.36. The minimum absolute atomic E-state index is 0.127. The van der Waals surface area contributed by atoms with E-state index in [4.69, 9.17) is 9.47 Å². The molecule has 0 bridgehead atoms. The summed E-state index contributed by atoms with van der Waals surface area (Å²) in [5.74, 6) is 0.686. The Morgan fingerprint density at radius 2 is 2.00 bits per heavy atom. The lowest BCUT2D eigenvalue weighted by atomic mass is 10.1. The summed E-state index contributed by atoms with van der Waals surface area (Å²) in [6.45, 7) is 6.52. The Hall–Kier alpha value is -2.24. The van der Waals surface area contributed by atoms with E-state index in [2.05, 4.69) is 5.32 Å². The fourth-order valence-electron chi connectivity index (χ4n) is 2.93. The Balaban J connectivity index is 1.88. The number of carbonyl (C=O) groups excluding carboxylic acids is 2. The van der Waals surface area contributed by atoms with Crippen molar-refractivity contribution in [2.75, 3.05) is 20.2 Å². The molecule has 138 valence electrons. The number of nitrogens with one attached hydrogen (secondary N) is 1. The summed E-state index contributed by atoms with van der Waals surface area (Å²) in [4.78, 5) is 26.3. The zero-order chi connectivity index (χ0) is 18.4. The highest BCUT2D eigenvalue weighted by Crippen LogP contribution is 2.21. The van der Waals surface area contributed by atoms with Crippen LogP contribution in [0, 0.1) is 0 Å². The van der Waals surface area contributed by atoms with Gasteiger partial charge in [0, 0.05) is 13.1 Å². The van der Waals surface area contributed by atoms with E-state index in [1.165, 1.54) is 4.90 Å². The highest BCUT2D eigenvalue weighted by atomic mass is 16.6. The third kappa shape index (κ3) is 5.37. The van der Waals surface area contributed by atoms with E-state index < -0.39 is 17.7 Å². The highest BCUT2D eigenvalue weighted by molar-refractivity contribution is 5.86. The van der Waals surface area contributed by atoms with Gasteiger partial charge < -0.3 is 14.8 Å². The maximum atomic E-state index is 12.5. The van der Waals surface area contributed by atoms with Crippen molar-refractivity contribution in [3.63, 3.8) is 0 Å². The Labute approximate surface area is 149 Å². The normalized spacial score (nSPS) is 17.3. The molecule has 0 aromatic heterocycles. The van der Waals surface area contributed by atoms with Gasteiger partial charge in [-0.05, 0) is 51.7 Å². The van der Waals surface area contributed by atoms with Crippen LogP contribution in [0.2, 0.25) is 0 Å². The monoisotopic (exact) mass is 348 g/mol. The molecule has 1 heterocycles. The molecule has 1 atom stereocenters. The molecule has 0 spiro atoms. The summed E-state index contributed by atoms with van der Waals surface area (Å²) < 4.78 is 10.7. The molecule has 0 aliphatic carbocycles. The van der Waals surface area contributed by atoms with Crippen LogP contribution in [0.25, 0.3) is 0 Å². The van der Waals surface area contributed by atoms with Crippen molar-refractivity contribution in [1.29, 1.82) is 0 Å². The number of benzene rings is 1. The first-order chi connectivity index (χ1) is 11.8. The molecular formula is C19H28N2O4. The van der Waals surface area contributed by atoms with Crippen LogP contribution in [0.4, 0.5) is 4.79 Å². The number of rotatable bonds is 5. The first-order valence-electron chi connectivity index (χ1n) is 8.71. The molecule has 1 aliphatic rings. The van der Waals surface area contributed by atoms with Crippen LogP contribution in [-0.4, -0.2) is 48.7 Å². The SMILES string of the molecule is COc1ccccc1CCNC(=O)C1CCCN1C(=O)OC(C)(C)C. The van der Waals surface area contributed by atoms with Crippen LogP contribution >= 0.6 is 0 Å². The predicted molar refractivity (Wildman–Crippen MR) is 95.7 cm³/mol. The van der Waals surface area contributed by atoms with Crippen molar-refractivity contribution in [2.24, 2.45) is 0 Å². The third-order valence-electron chi connectivity index (χ3n) is 4.07. The van der Waals surface area contributed by atoms with E-state index >= 15 is 0 Å². The van der Waals surface area contributed by atoms with Gasteiger partial charge in [-0.25, -0.2) is 4.79 Å². The van der Waals surface area contributed by atoms with Crippen LogP contribution in [0.15, 0.2) is 24.3 Å². The number of methoxy groups -OCH3 is 1. The van der Waals surface area contributed by atoms with Crippen molar-refractivity contribution in [3.05, 3.63) is 29.8 Å². The molecule has 1 unspecified atom stereocenters. The lowest BCUT2D eigenvalue weighted by Gasteiger charge is -2.28. The lowest BCUT2D eigenvalue weighted by molar-refractivity contribution is -0.125. The number of carbonyl (C=O) groups is 2. The predicted octanol–water partition coefficient (Wildman–Crippen LogP) is 2.75. The molecule has 1 aromatic rings. The summed E-state index contributed by atoms with van der Waals surface area (Å²) in [7, 11) is 1.63. The number of amides is 2. The summed E-state index contributed by atoms with van der Waals surface area (Å²) in [6, 6.07) is 7.29. The average molecular weight is 348 g/mol. The van der Waals surface area contributed by atoms with Crippen LogP contribution in [0.1, 0.15) is 39.2 Å². The second kappa shape index (κ2) is 8.23. The second-order valence-corrected chi connectivity index (χ2v) is 7.18. The van der Waals surface area contributed by atoms with E-state index in [0.717, 1.165) is 17.7 Å². The summed E-state index contributed by atoms with van der Waals surface area (Å²) >= 11 is 0. The minimum Gasteiger partial charge on any atom is -0.496 e. The Kier molecular flexibility index (Phi) is 6.28. The van der Waals surface area contributed by atoms with Crippen molar-refractivity contribution in [1.82, 2.24) is 10.2 Å². The zero-order valence-corrected chi connectivity index (χ0v) is 15.5. The molecule has 2 amide bonds. The average Bonchev–Trinajstić information content (AvgIpc) is 3.03. The maximum absolute atomic E-state index is 12.5. The molecule has 2 rings (SSSR count). The molecule has 1 aliphatic heterocycles. The van der Waals surface area contributed by atoms with Crippen molar-refractivity contribution >= 4 is 12.0 Å². The quantitative estimate of drug-likeness (QED) is 0.888. The molecule has 0 radical (unpaired) electrons. The smallest absolute Gasteiger partial charge is 0.410 e. The number of para-hydroxylation sites is 1. The Morgan fingerprint density at radius 3 is 2.68 bits per heavy atom. The van der Waals surface area contributed by atoms with E-state index in [0.29, 0.717) is 25.9 Å². The van der Waals surface area contributed by atoms with Gasteiger partial charge in [0.15, 0.2) is 0 Å². The molecular weight excluding hydrogens is 320 g/mol. The van der Waals surface area contributed by atoms with Gasteiger partial charge >= 0.3 is 6.09 Å². The second-order valence-electron chi connectivity index (χ2n) is 7.18. The molecule has 6 heteroatoms. The number of hydrogen-bond acceptors (Lipinski definition) is 4. The fraction of sp³-hybridized carbons (Fsp3) is 0.579. The largest absolute Gasteiger partial charge is 0.496 e. The number of hydrogen-bond donors (Lipinski definition) is 1. The van der Waals surface area contributed by atoms with Crippen LogP contribution in [0.5, 0.6) is 5.75 Å². The fourth-order valence-corrected chi connectivity index (χ4v) is 2.93. The van der Waals surface area contributed by atoms with Crippen molar-refractivity contribution < 1.29 is 19.1 Å². The summed E-state index contributed by atoms with van der Waals surface area (Å²) in [6.07, 6.45) is 1.73. The Morgan fingerprint density at radius 1 is 1.28 bits per heavy atom. The molecule has 0 saturated carbocycles. The molecule has 6 nitrogen and oxygen atoms in total. The van der Waals surface area contributed by atoms with Gasteiger partial charge in [-0.3, -0.25) is 9.69 Å². The van der Waals surface area contributed by atoms with Crippen LogP contribution in [-0.2, 0) is 16.0 Å². The van der Waals surface area contributed by atoms with Gasteiger partial charge in [-0.15, -0.1) is 0 Å². The van der Waals surface area contributed by atoms with E-state index in [1.54, 1.807) is 7.11 Å². The Bertz CT molecular complexity index is 610. The van der Waals surface area contributed by atoms with E-state index in [9.17, 15) is 9.59 Å². The molecule has 1 saturated heterocycles. The van der Waals surface area contributed by atoms with E-state index in [-0.39, 0.29) is 5.91 Å². The standard InChI is InChI=1S/C19H28N2O4/c1-19(2,3)25-18(23)21-13-7-9-15(21)17(22)20-12-11-14-8-5-6-10-16(14)24-4/h5-6,8,10,15H,7,9,11-13H2,1-4H3,(H,20,22). The summed E-state index contributed by atoms with van der Waals surface area (Å²) in [5.41, 5.74) is 0.477. The van der Waals surface area contributed by atoms with Crippen LogP contribution < -0.4 is 10.1 Å².